The standard InChI is InChI=1S/C12H14ClF2NO/c1-7-2-3-9(17-7)6-16-12-10(13)4-8(14)5-11(12)15/h4-5,7,9,16H,2-3,6H2,1H3. The predicted octanol–water partition coefficient (Wildman–Crippen LogP) is 3.60. The van der Waals surface area contributed by atoms with Crippen molar-refractivity contribution in [3.05, 3.63) is 28.8 Å². The number of hydrogen-bond acceptors (Lipinski definition) is 2. The quantitative estimate of drug-likeness (QED) is 0.898. The van der Waals surface area contributed by atoms with Gasteiger partial charge in [0.25, 0.3) is 0 Å². The fraction of sp³-hybridized carbons (Fsp3) is 0.500. The van der Waals surface area contributed by atoms with Gasteiger partial charge in [0.15, 0.2) is 5.82 Å². The largest absolute Gasteiger partial charge is 0.379 e. The normalized spacial score (nSPS) is 24.0. The fourth-order valence-corrected chi connectivity index (χ4v) is 2.22. The summed E-state index contributed by atoms with van der Waals surface area (Å²) in [7, 11) is 0. The van der Waals surface area contributed by atoms with Gasteiger partial charge in [-0.25, -0.2) is 8.78 Å². The van der Waals surface area contributed by atoms with E-state index in [1.807, 2.05) is 6.92 Å². The highest BCUT2D eigenvalue weighted by molar-refractivity contribution is 6.33. The maximum Gasteiger partial charge on any atom is 0.150 e. The van der Waals surface area contributed by atoms with E-state index in [0.29, 0.717) is 6.54 Å². The molecule has 2 nitrogen and oxygen atoms in total. The summed E-state index contributed by atoms with van der Waals surface area (Å²) in [5.41, 5.74) is 0.135. The van der Waals surface area contributed by atoms with Crippen molar-refractivity contribution in [2.75, 3.05) is 11.9 Å². The molecule has 1 aliphatic heterocycles. The van der Waals surface area contributed by atoms with Gasteiger partial charge >= 0.3 is 0 Å². The third-order valence-corrected chi connectivity index (χ3v) is 3.13. The molecule has 5 heteroatoms. The van der Waals surface area contributed by atoms with Crippen molar-refractivity contribution in [1.29, 1.82) is 0 Å². The van der Waals surface area contributed by atoms with Crippen molar-refractivity contribution < 1.29 is 13.5 Å². The van der Waals surface area contributed by atoms with Gasteiger partial charge in [-0.2, -0.15) is 0 Å². The second-order valence-electron chi connectivity index (χ2n) is 4.27. The second-order valence-corrected chi connectivity index (χ2v) is 4.68. The lowest BCUT2D eigenvalue weighted by Gasteiger charge is -2.14. The first-order chi connectivity index (χ1) is 8.06. The summed E-state index contributed by atoms with van der Waals surface area (Å²) in [6.07, 6.45) is 2.25. The number of ether oxygens (including phenoxy) is 1. The third-order valence-electron chi connectivity index (χ3n) is 2.83. The van der Waals surface area contributed by atoms with Gasteiger partial charge in [0, 0.05) is 12.6 Å². The van der Waals surface area contributed by atoms with E-state index in [9.17, 15) is 8.78 Å². The Kier molecular flexibility index (Phi) is 3.84. The summed E-state index contributed by atoms with van der Waals surface area (Å²) in [6, 6.07) is 1.90. The van der Waals surface area contributed by atoms with Gasteiger partial charge in [-0.15, -0.1) is 0 Å². The monoisotopic (exact) mass is 261 g/mol. The Hall–Kier alpha value is -0.870. The minimum absolute atomic E-state index is 0.0496. The average molecular weight is 262 g/mol. The Morgan fingerprint density at radius 1 is 1.41 bits per heavy atom. The molecule has 0 radical (unpaired) electrons. The molecule has 1 saturated heterocycles. The van der Waals surface area contributed by atoms with Crippen LogP contribution in [-0.4, -0.2) is 18.8 Å². The van der Waals surface area contributed by atoms with Crippen LogP contribution in [0.4, 0.5) is 14.5 Å². The van der Waals surface area contributed by atoms with Crippen LogP contribution in [0.25, 0.3) is 0 Å². The molecular formula is C12H14ClF2NO. The smallest absolute Gasteiger partial charge is 0.150 e. The molecule has 2 atom stereocenters. The van der Waals surface area contributed by atoms with Crippen LogP contribution >= 0.6 is 11.6 Å². The Labute approximate surface area is 104 Å². The van der Waals surface area contributed by atoms with Gasteiger partial charge in [-0.1, -0.05) is 11.6 Å². The molecule has 1 aromatic carbocycles. The number of rotatable bonds is 3. The van der Waals surface area contributed by atoms with E-state index in [4.69, 9.17) is 16.3 Å². The summed E-state index contributed by atoms with van der Waals surface area (Å²) in [6.45, 7) is 2.48. The van der Waals surface area contributed by atoms with Gasteiger partial charge < -0.3 is 10.1 Å². The molecule has 1 heterocycles. The molecule has 1 N–H and O–H groups in total. The first-order valence-corrected chi connectivity index (χ1v) is 5.98. The van der Waals surface area contributed by atoms with E-state index in [0.717, 1.165) is 25.0 Å². The minimum Gasteiger partial charge on any atom is -0.379 e. The van der Waals surface area contributed by atoms with Crippen LogP contribution in [0.5, 0.6) is 0 Å². The molecule has 1 aliphatic rings. The van der Waals surface area contributed by atoms with E-state index in [1.165, 1.54) is 0 Å². The minimum atomic E-state index is -0.680. The molecule has 0 saturated carbocycles. The van der Waals surface area contributed by atoms with Crippen molar-refractivity contribution >= 4 is 17.3 Å². The summed E-state index contributed by atoms with van der Waals surface area (Å²) in [5, 5.41) is 2.92. The van der Waals surface area contributed by atoms with Gasteiger partial charge in [-0.05, 0) is 25.8 Å². The maximum atomic E-state index is 13.4. The topological polar surface area (TPSA) is 21.3 Å². The van der Waals surface area contributed by atoms with Crippen LogP contribution in [0.15, 0.2) is 12.1 Å². The van der Waals surface area contributed by atoms with Crippen molar-refractivity contribution in [3.8, 4) is 0 Å². The molecule has 0 aliphatic carbocycles. The molecule has 1 fully saturated rings. The Morgan fingerprint density at radius 3 is 2.76 bits per heavy atom. The van der Waals surface area contributed by atoms with Crippen LogP contribution in [0.1, 0.15) is 19.8 Å². The fourth-order valence-electron chi connectivity index (χ4n) is 1.96. The summed E-state index contributed by atoms with van der Waals surface area (Å²) in [4.78, 5) is 0. The van der Waals surface area contributed by atoms with Gasteiger partial charge in [0.2, 0.25) is 0 Å². The van der Waals surface area contributed by atoms with Crippen LogP contribution in [0.2, 0.25) is 5.02 Å². The highest BCUT2D eigenvalue weighted by Gasteiger charge is 2.22. The molecular weight excluding hydrogens is 248 g/mol. The Bertz CT molecular complexity index is 390. The Morgan fingerprint density at radius 2 is 2.18 bits per heavy atom. The zero-order chi connectivity index (χ0) is 12.4. The summed E-state index contributed by atoms with van der Waals surface area (Å²) in [5.74, 6) is -1.36. The zero-order valence-corrected chi connectivity index (χ0v) is 10.2. The van der Waals surface area contributed by atoms with Crippen LogP contribution in [0, 0.1) is 11.6 Å². The lowest BCUT2D eigenvalue weighted by atomic mass is 10.2. The SMILES string of the molecule is CC1CCC(CNc2c(F)cc(F)cc2Cl)O1. The van der Waals surface area contributed by atoms with Gasteiger partial charge in [0.1, 0.15) is 5.82 Å². The molecule has 0 amide bonds. The number of benzene rings is 1. The Balaban J connectivity index is 1.99. The van der Waals surface area contributed by atoms with E-state index in [1.54, 1.807) is 0 Å². The molecule has 2 rings (SSSR count). The van der Waals surface area contributed by atoms with E-state index in [2.05, 4.69) is 5.32 Å². The molecule has 0 aromatic heterocycles. The number of halogens is 3. The molecule has 94 valence electrons. The highest BCUT2D eigenvalue weighted by atomic mass is 35.5. The molecule has 0 spiro atoms. The second kappa shape index (κ2) is 5.19. The number of hydrogen-bond donors (Lipinski definition) is 1. The van der Waals surface area contributed by atoms with Crippen molar-refractivity contribution in [3.63, 3.8) is 0 Å². The van der Waals surface area contributed by atoms with Crippen LogP contribution < -0.4 is 5.32 Å². The number of nitrogens with one attached hydrogen (secondary N) is 1. The van der Waals surface area contributed by atoms with E-state index >= 15 is 0 Å². The van der Waals surface area contributed by atoms with Crippen LogP contribution in [0.3, 0.4) is 0 Å². The number of anilines is 1. The first-order valence-electron chi connectivity index (χ1n) is 5.60. The lowest BCUT2D eigenvalue weighted by molar-refractivity contribution is 0.0636. The molecule has 0 bridgehead atoms. The lowest BCUT2D eigenvalue weighted by Crippen LogP contribution is -2.20. The van der Waals surface area contributed by atoms with E-state index in [-0.39, 0.29) is 22.9 Å². The molecule has 1 aromatic rings. The molecule has 17 heavy (non-hydrogen) atoms. The summed E-state index contributed by atoms with van der Waals surface area (Å²) >= 11 is 5.77. The first kappa shape index (κ1) is 12.6. The average Bonchev–Trinajstić information content (AvgIpc) is 2.62. The maximum absolute atomic E-state index is 13.4. The summed E-state index contributed by atoms with van der Waals surface area (Å²) < 4.78 is 31.8. The highest BCUT2D eigenvalue weighted by Crippen LogP contribution is 2.27. The predicted molar refractivity (Wildman–Crippen MR) is 63.4 cm³/mol. The van der Waals surface area contributed by atoms with Gasteiger partial charge in [0.05, 0.1) is 22.9 Å². The van der Waals surface area contributed by atoms with Gasteiger partial charge in [-0.3, -0.25) is 0 Å². The van der Waals surface area contributed by atoms with Crippen molar-refractivity contribution in [2.24, 2.45) is 0 Å². The van der Waals surface area contributed by atoms with E-state index < -0.39 is 11.6 Å². The van der Waals surface area contributed by atoms with Crippen LogP contribution in [-0.2, 0) is 4.74 Å². The third kappa shape index (κ3) is 3.07. The van der Waals surface area contributed by atoms with Crippen molar-refractivity contribution in [1.82, 2.24) is 0 Å². The van der Waals surface area contributed by atoms with Crippen molar-refractivity contribution in [2.45, 2.75) is 32.0 Å². The molecule has 2 unspecified atom stereocenters. The zero-order valence-electron chi connectivity index (χ0n) is 9.47.